The van der Waals surface area contributed by atoms with E-state index < -0.39 is 11.7 Å². The predicted octanol–water partition coefficient (Wildman–Crippen LogP) is 2.78. The van der Waals surface area contributed by atoms with Crippen LogP contribution >= 0.6 is 0 Å². The summed E-state index contributed by atoms with van der Waals surface area (Å²) < 4.78 is 11.0. The van der Waals surface area contributed by atoms with E-state index in [9.17, 15) is 5.11 Å². The van der Waals surface area contributed by atoms with E-state index in [2.05, 4.69) is 0 Å². The van der Waals surface area contributed by atoms with E-state index in [0.29, 0.717) is 13.0 Å². The van der Waals surface area contributed by atoms with Gasteiger partial charge in [-0.05, 0) is 31.9 Å². The number of rotatable bonds is 7. The topological polar surface area (TPSA) is 42.6 Å². The lowest BCUT2D eigenvalue weighted by Gasteiger charge is -2.36. The van der Waals surface area contributed by atoms with Crippen LogP contribution in [0.2, 0.25) is 0 Å². The molecular formula is C13H22O3. The normalized spacial score (nSPS) is 14.0. The molecule has 0 aliphatic carbocycles. The first-order valence-corrected chi connectivity index (χ1v) is 6.03. The summed E-state index contributed by atoms with van der Waals surface area (Å²) in [5, 5.41) is 10.3. The maximum Gasteiger partial charge on any atom is 0.106 e. The number of aliphatic hydroxyl groups is 1. The summed E-state index contributed by atoms with van der Waals surface area (Å²) in [6, 6.07) is 3.72. The largest absolute Gasteiger partial charge is 0.469 e. The zero-order chi connectivity index (χ0) is 12.0. The van der Waals surface area contributed by atoms with Gasteiger partial charge in [0.2, 0.25) is 0 Å². The fourth-order valence-electron chi connectivity index (χ4n) is 2.11. The third-order valence-electron chi connectivity index (χ3n) is 3.21. The van der Waals surface area contributed by atoms with E-state index in [0.717, 1.165) is 18.6 Å². The average Bonchev–Trinajstić information content (AvgIpc) is 2.78. The predicted molar refractivity (Wildman–Crippen MR) is 63.4 cm³/mol. The number of furan rings is 1. The third kappa shape index (κ3) is 2.86. The molecule has 1 aromatic rings. The van der Waals surface area contributed by atoms with Crippen molar-refractivity contribution in [2.24, 2.45) is 0 Å². The number of aliphatic hydroxyl groups excluding tert-OH is 1. The van der Waals surface area contributed by atoms with Gasteiger partial charge in [-0.3, -0.25) is 0 Å². The van der Waals surface area contributed by atoms with Gasteiger partial charge in [0, 0.05) is 13.0 Å². The average molecular weight is 226 g/mol. The summed E-state index contributed by atoms with van der Waals surface area (Å²) in [5.41, 5.74) is -0.443. The van der Waals surface area contributed by atoms with Crippen molar-refractivity contribution < 1.29 is 14.3 Å². The summed E-state index contributed by atoms with van der Waals surface area (Å²) in [6.45, 7) is 6.67. The second-order valence-electron chi connectivity index (χ2n) is 4.00. The van der Waals surface area contributed by atoms with E-state index in [1.54, 1.807) is 6.26 Å². The van der Waals surface area contributed by atoms with Crippen LogP contribution in [0.15, 0.2) is 22.8 Å². The molecule has 0 aliphatic rings. The van der Waals surface area contributed by atoms with Crippen LogP contribution in [0.1, 0.15) is 39.4 Å². The van der Waals surface area contributed by atoms with E-state index in [4.69, 9.17) is 9.15 Å². The lowest BCUT2D eigenvalue weighted by Crippen LogP contribution is -2.45. The third-order valence-corrected chi connectivity index (χ3v) is 3.21. The first-order valence-electron chi connectivity index (χ1n) is 6.03. The summed E-state index contributed by atoms with van der Waals surface area (Å²) in [7, 11) is 0. The highest BCUT2D eigenvalue weighted by Crippen LogP contribution is 2.27. The molecular weight excluding hydrogens is 204 g/mol. The monoisotopic (exact) mass is 226 g/mol. The van der Waals surface area contributed by atoms with Crippen molar-refractivity contribution in [1.29, 1.82) is 0 Å². The van der Waals surface area contributed by atoms with Gasteiger partial charge in [0.15, 0.2) is 0 Å². The molecule has 0 bridgehead atoms. The maximum atomic E-state index is 10.3. The molecule has 1 N–H and O–H groups in total. The lowest BCUT2D eigenvalue weighted by molar-refractivity contribution is -0.125. The van der Waals surface area contributed by atoms with Crippen LogP contribution in [0.25, 0.3) is 0 Å². The van der Waals surface area contributed by atoms with Crippen molar-refractivity contribution in [1.82, 2.24) is 0 Å². The molecule has 0 saturated heterocycles. The molecule has 3 heteroatoms. The fraction of sp³-hybridized carbons (Fsp3) is 0.692. The van der Waals surface area contributed by atoms with E-state index >= 15 is 0 Å². The van der Waals surface area contributed by atoms with Crippen molar-refractivity contribution in [3.8, 4) is 0 Å². The highest BCUT2D eigenvalue weighted by atomic mass is 16.5. The van der Waals surface area contributed by atoms with Crippen molar-refractivity contribution in [2.75, 3.05) is 6.61 Å². The first kappa shape index (κ1) is 13.3. The van der Waals surface area contributed by atoms with Crippen molar-refractivity contribution in [3.05, 3.63) is 24.2 Å². The van der Waals surface area contributed by atoms with Crippen LogP contribution in [-0.2, 0) is 11.2 Å². The van der Waals surface area contributed by atoms with Crippen LogP contribution in [0.5, 0.6) is 0 Å². The SMILES string of the molecule is CCOC(CC)(CC)C(O)Cc1ccco1. The van der Waals surface area contributed by atoms with Crippen molar-refractivity contribution >= 4 is 0 Å². The van der Waals surface area contributed by atoms with Gasteiger partial charge in [-0.1, -0.05) is 13.8 Å². The summed E-state index contributed by atoms with van der Waals surface area (Å²) in [5.74, 6) is 0.804. The maximum absolute atomic E-state index is 10.3. The fourth-order valence-corrected chi connectivity index (χ4v) is 2.11. The Labute approximate surface area is 97.4 Å². The Bertz CT molecular complexity index is 275. The molecule has 0 spiro atoms. The Morgan fingerprint density at radius 1 is 1.38 bits per heavy atom. The van der Waals surface area contributed by atoms with Crippen LogP contribution in [0.4, 0.5) is 0 Å². The van der Waals surface area contributed by atoms with E-state index in [-0.39, 0.29) is 0 Å². The molecule has 1 heterocycles. The van der Waals surface area contributed by atoms with Gasteiger partial charge >= 0.3 is 0 Å². The Hall–Kier alpha value is -0.800. The molecule has 0 aromatic carbocycles. The van der Waals surface area contributed by atoms with Gasteiger partial charge in [-0.2, -0.15) is 0 Å². The highest BCUT2D eigenvalue weighted by Gasteiger charge is 2.35. The smallest absolute Gasteiger partial charge is 0.106 e. The molecule has 1 rings (SSSR count). The summed E-state index contributed by atoms with van der Waals surface area (Å²) >= 11 is 0. The molecule has 16 heavy (non-hydrogen) atoms. The second kappa shape index (κ2) is 6.06. The second-order valence-corrected chi connectivity index (χ2v) is 4.00. The Morgan fingerprint density at radius 3 is 2.50 bits per heavy atom. The molecule has 0 saturated carbocycles. The van der Waals surface area contributed by atoms with Gasteiger partial charge in [-0.25, -0.2) is 0 Å². The van der Waals surface area contributed by atoms with E-state index in [1.165, 1.54) is 0 Å². The molecule has 0 aliphatic heterocycles. The van der Waals surface area contributed by atoms with Gasteiger partial charge in [0.25, 0.3) is 0 Å². The number of hydrogen-bond donors (Lipinski definition) is 1. The van der Waals surface area contributed by atoms with Crippen LogP contribution in [-0.4, -0.2) is 23.4 Å². The molecule has 1 atom stereocenters. The Balaban J connectivity index is 2.70. The first-order chi connectivity index (χ1) is 7.68. The zero-order valence-corrected chi connectivity index (χ0v) is 10.4. The van der Waals surface area contributed by atoms with Gasteiger partial charge < -0.3 is 14.3 Å². The minimum Gasteiger partial charge on any atom is -0.469 e. The van der Waals surface area contributed by atoms with Crippen LogP contribution in [0.3, 0.4) is 0 Å². The minimum absolute atomic E-state index is 0.443. The molecule has 1 aromatic heterocycles. The molecule has 3 nitrogen and oxygen atoms in total. The summed E-state index contributed by atoms with van der Waals surface area (Å²) in [4.78, 5) is 0. The molecule has 0 radical (unpaired) electrons. The number of hydrogen-bond acceptors (Lipinski definition) is 3. The van der Waals surface area contributed by atoms with Crippen molar-refractivity contribution in [3.63, 3.8) is 0 Å². The van der Waals surface area contributed by atoms with Crippen LogP contribution in [0, 0.1) is 0 Å². The Morgan fingerprint density at radius 2 is 2.06 bits per heavy atom. The lowest BCUT2D eigenvalue weighted by atomic mass is 9.88. The Kier molecular flexibility index (Phi) is 5.03. The number of ether oxygens (including phenoxy) is 1. The van der Waals surface area contributed by atoms with E-state index in [1.807, 2.05) is 32.9 Å². The molecule has 1 unspecified atom stereocenters. The van der Waals surface area contributed by atoms with Gasteiger partial charge in [-0.15, -0.1) is 0 Å². The molecule has 0 amide bonds. The quantitative estimate of drug-likeness (QED) is 0.777. The summed E-state index contributed by atoms with van der Waals surface area (Å²) in [6.07, 6.45) is 3.23. The standard InChI is InChI=1S/C13H22O3/c1-4-13(5-2,16-6-3)12(14)10-11-8-7-9-15-11/h7-9,12,14H,4-6,10H2,1-3H3. The zero-order valence-electron chi connectivity index (χ0n) is 10.4. The molecule has 0 fully saturated rings. The van der Waals surface area contributed by atoms with Gasteiger partial charge in [0.05, 0.1) is 18.0 Å². The van der Waals surface area contributed by atoms with Gasteiger partial charge in [0.1, 0.15) is 5.76 Å². The van der Waals surface area contributed by atoms with Crippen molar-refractivity contribution in [2.45, 2.75) is 51.7 Å². The van der Waals surface area contributed by atoms with Crippen LogP contribution < -0.4 is 0 Å². The minimum atomic E-state index is -0.520. The molecule has 92 valence electrons. The highest BCUT2D eigenvalue weighted by molar-refractivity contribution is 5.02.